The predicted octanol–water partition coefficient (Wildman–Crippen LogP) is 2.76. The minimum atomic E-state index is -0.889. The van der Waals surface area contributed by atoms with E-state index in [1.807, 2.05) is 12.3 Å². The Kier molecular flexibility index (Phi) is 4.01. The molecule has 1 fully saturated rings. The smallest absolute Gasteiger partial charge is 0.345 e. The number of carboxylic acids is 1. The van der Waals surface area contributed by atoms with Gasteiger partial charge in [-0.15, -0.1) is 16.4 Å². The topological polar surface area (TPSA) is 77.2 Å². The molecule has 2 aromatic rings. The Balaban J connectivity index is 1.69. The molecule has 2 aromatic heterocycles. The van der Waals surface area contributed by atoms with Crippen LogP contribution in [0, 0.1) is 0 Å². The van der Waals surface area contributed by atoms with Crippen LogP contribution >= 0.6 is 11.3 Å². The van der Waals surface area contributed by atoms with Crippen LogP contribution in [-0.4, -0.2) is 38.3 Å². The molecule has 6 nitrogen and oxygen atoms in total. The molecule has 1 N–H and O–H groups in total. The van der Waals surface area contributed by atoms with Gasteiger partial charge in [0.1, 0.15) is 4.88 Å². The van der Waals surface area contributed by atoms with Gasteiger partial charge in [0.05, 0.1) is 17.8 Å². The third kappa shape index (κ3) is 3.36. The van der Waals surface area contributed by atoms with E-state index in [4.69, 9.17) is 9.84 Å². The standard InChI is InChI=1S/C15H19N3O3S/c1-15(2)7-10(5-6-21-15)12-9-18(17-16-12)8-11-3-4-13(22-11)14(19)20/h3-4,9-10H,5-8H2,1-2H3,(H,19,20)/t10-/m1/s1. The lowest BCUT2D eigenvalue weighted by Crippen LogP contribution is -2.33. The summed E-state index contributed by atoms with van der Waals surface area (Å²) in [6.07, 6.45) is 3.87. The predicted molar refractivity (Wildman–Crippen MR) is 82.4 cm³/mol. The van der Waals surface area contributed by atoms with E-state index in [2.05, 4.69) is 24.2 Å². The van der Waals surface area contributed by atoms with Crippen LogP contribution in [0.5, 0.6) is 0 Å². The van der Waals surface area contributed by atoms with Crippen molar-refractivity contribution in [1.29, 1.82) is 0 Å². The fraction of sp³-hybridized carbons (Fsp3) is 0.533. The van der Waals surface area contributed by atoms with Gasteiger partial charge in [0, 0.05) is 23.6 Å². The van der Waals surface area contributed by atoms with Crippen LogP contribution in [0.2, 0.25) is 0 Å². The molecule has 0 radical (unpaired) electrons. The average molecular weight is 321 g/mol. The highest BCUT2D eigenvalue weighted by Gasteiger charge is 2.31. The second-order valence-electron chi connectivity index (χ2n) is 6.21. The Labute approximate surface area is 132 Å². The molecular formula is C15H19N3O3S. The quantitative estimate of drug-likeness (QED) is 0.937. The summed E-state index contributed by atoms with van der Waals surface area (Å²) >= 11 is 1.27. The van der Waals surface area contributed by atoms with E-state index < -0.39 is 5.97 Å². The fourth-order valence-corrected chi connectivity index (χ4v) is 3.64. The SMILES string of the molecule is CC1(C)C[C@H](c2cn(Cc3ccc(C(=O)O)s3)nn2)CCO1. The largest absolute Gasteiger partial charge is 0.477 e. The lowest BCUT2D eigenvalue weighted by molar-refractivity contribution is -0.0598. The van der Waals surface area contributed by atoms with Gasteiger partial charge < -0.3 is 9.84 Å². The van der Waals surface area contributed by atoms with E-state index in [-0.39, 0.29) is 5.60 Å². The first kappa shape index (κ1) is 15.2. The van der Waals surface area contributed by atoms with Crippen molar-refractivity contribution in [2.75, 3.05) is 6.61 Å². The van der Waals surface area contributed by atoms with E-state index >= 15 is 0 Å². The number of aromatic carboxylic acids is 1. The van der Waals surface area contributed by atoms with Gasteiger partial charge in [-0.25, -0.2) is 9.48 Å². The molecule has 1 aliphatic heterocycles. The highest BCUT2D eigenvalue weighted by atomic mass is 32.1. The number of rotatable bonds is 4. The lowest BCUT2D eigenvalue weighted by Gasteiger charge is -2.34. The second-order valence-corrected chi connectivity index (χ2v) is 7.38. The normalized spacial score (nSPS) is 20.9. The number of carboxylic acid groups (broad SMARTS) is 1. The van der Waals surface area contributed by atoms with Crippen LogP contribution < -0.4 is 0 Å². The van der Waals surface area contributed by atoms with E-state index in [0.29, 0.717) is 17.3 Å². The molecule has 0 bridgehead atoms. The number of ether oxygens (including phenoxy) is 1. The van der Waals surface area contributed by atoms with E-state index in [0.717, 1.165) is 30.0 Å². The lowest BCUT2D eigenvalue weighted by atomic mass is 9.86. The van der Waals surface area contributed by atoms with Gasteiger partial charge in [-0.3, -0.25) is 0 Å². The molecule has 118 valence electrons. The van der Waals surface area contributed by atoms with Crippen LogP contribution in [0.25, 0.3) is 0 Å². The first-order valence-corrected chi connectivity index (χ1v) is 8.10. The maximum absolute atomic E-state index is 10.9. The maximum Gasteiger partial charge on any atom is 0.345 e. The number of thiophene rings is 1. The molecule has 0 saturated carbocycles. The molecule has 1 saturated heterocycles. The summed E-state index contributed by atoms with van der Waals surface area (Å²) in [6.45, 7) is 5.50. The van der Waals surface area contributed by atoms with Crippen LogP contribution in [-0.2, 0) is 11.3 Å². The third-order valence-corrected chi connectivity index (χ3v) is 4.92. The molecule has 3 heterocycles. The highest BCUT2D eigenvalue weighted by Crippen LogP contribution is 2.34. The zero-order chi connectivity index (χ0) is 15.7. The van der Waals surface area contributed by atoms with E-state index in [1.54, 1.807) is 10.7 Å². The molecule has 3 rings (SSSR count). The molecule has 0 unspecified atom stereocenters. The number of nitrogens with zero attached hydrogens (tertiary/aromatic N) is 3. The van der Waals surface area contributed by atoms with Gasteiger partial charge in [-0.2, -0.15) is 0 Å². The van der Waals surface area contributed by atoms with Crippen molar-refractivity contribution in [3.8, 4) is 0 Å². The Morgan fingerprint density at radius 3 is 3.05 bits per heavy atom. The number of hydrogen-bond acceptors (Lipinski definition) is 5. The van der Waals surface area contributed by atoms with Crippen LogP contribution in [0.3, 0.4) is 0 Å². The number of hydrogen-bond donors (Lipinski definition) is 1. The maximum atomic E-state index is 10.9. The molecule has 1 atom stereocenters. The zero-order valence-corrected chi connectivity index (χ0v) is 13.5. The second kappa shape index (κ2) is 5.81. The number of carbonyl (C=O) groups is 1. The van der Waals surface area contributed by atoms with Gasteiger partial charge in [-0.05, 0) is 38.8 Å². The summed E-state index contributed by atoms with van der Waals surface area (Å²) < 4.78 is 7.51. The summed E-state index contributed by atoms with van der Waals surface area (Å²) in [5, 5.41) is 17.4. The first-order chi connectivity index (χ1) is 10.4. The van der Waals surface area contributed by atoms with Crippen molar-refractivity contribution in [2.24, 2.45) is 0 Å². The van der Waals surface area contributed by atoms with Crippen molar-refractivity contribution < 1.29 is 14.6 Å². The Morgan fingerprint density at radius 1 is 1.55 bits per heavy atom. The van der Waals surface area contributed by atoms with Gasteiger partial charge in [0.15, 0.2) is 0 Å². The number of aromatic nitrogens is 3. The van der Waals surface area contributed by atoms with Crippen LogP contribution in [0.4, 0.5) is 0 Å². The Hall–Kier alpha value is -1.73. The molecule has 0 amide bonds. The van der Waals surface area contributed by atoms with Gasteiger partial charge in [0.25, 0.3) is 0 Å². The third-order valence-electron chi connectivity index (χ3n) is 3.86. The molecule has 1 aliphatic rings. The Bertz CT molecular complexity index is 677. The first-order valence-electron chi connectivity index (χ1n) is 7.29. The average Bonchev–Trinajstić information content (AvgIpc) is 3.07. The van der Waals surface area contributed by atoms with Crippen molar-refractivity contribution in [3.05, 3.63) is 33.8 Å². The minimum absolute atomic E-state index is 0.114. The summed E-state index contributed by atoms with van der Waals surface area (Å²) in [4.78, 5) is 12.2. The monoisotopic (exact) mass is 321 g/mol. The highest BCUT2D eigenvalue weighted by molar-refractivity contribution is 7.13. The summed E-state index contributed by atoms with van der Waals surface area (Å²) in [6, 6.07) is 3.45. The molecular weight excluding hydrogens is 302 g/mol. The molecule has 7 heteroatoms. The van der Waals surface area contributed by atoms with E-state index in [9.17, 15) is 4.79 Å². The molecule has 0 aliphatic carbocycles. The summed E-state index contributed by atoms with van der Waals surface area (Å²) in [5.41, 5.74) is 0.878. The van der Waals surface area contributed by atoms with Gasteiger partial charge in [-0.1, -0.05) is 5.21 Å². The van der Waals surface area contributed by atoms with Crippen molar-refractivity contribution in [3.63, 3.8) is 0 Å². The fourth-order valence-electron chi connectivity index (χ4n) is 2.80. The minimum Gasteiger partial charge on any atom is -0.477 e. The van der Waals surface area contributed by atoms with Crippen LogP contribution in [0.1, 0.15) is 52.8 Å². The van der Waals surface area contributed by atoms with Crippen LogP contribution in [0.15, 0.2) is 18.3 Å². The van der Waals surface area contributed by atoms with Crippen molar-refractivity contribution in [2.45, 2.75) is 44.8 Å². The van der Waals surface area contributed by atoms with Gasteiger partial charge in [0.2, 0.25) is 0 Å². The van der Waals surface area contributed by atoms with E-state index in [1.165, 1.54) is 11.3 Å². The van der Waals surface area contributed by atoms with Gasteiger partial charge >= 0.3 is 5.97 Å². The van der Waals surface area contributed by atoms with Crippen molar-refractivity contribution >= 4 is 17.3 Å². The Morgan fingerprint density at radius 2 is 2.36 bits per heavy atom. The molecule has 0 spiro atoms. The summed E-state index contributed by atoms with van der Waals surface area (Å²) in [7, 11) is 0. The molecule has 0 aromatic carbocycles. The summed E-state index contributed by atoms with van der Waals surface area (Å²) in [5.74, 6) is -0.518. The zero-order valence-electron chi connectivity index (χ0n) is 12.7. The molecule has 22 heavy (non-hydrogen) atoms. The van der Waals surface area contributed by atoms with Crippen molar-refractivity contribution in [1.82, 2.24) is 15.0 Å².